The number of carbonyl (C=O) groups is 1. The van der Waals surface area contributed by atoms with Crippen LogP contribution in [-0.4, -0.2) is 59.1 Å². The van der Waals surface area contributed by atoms with Crippen molar-refractivity contribution in [1.29, 1.82) is 0 Å². The molecule has 1 rings (SSSR count). The largest absolute Gasteiger partial charge is 1.00 e. The van der Waals surface area contributed by atoms with Crippen molar-refractivity contribution in [3.05, 3.63) is 4.91 Å². The number of amides is 1. The smallest absolute Gasteiger partial charge is 0.691 e. The van der Waals surface area contributed by atoms with Gasteiger partial charge in [-0.25, -0.2) is 10.1 Å². The summed E-state index contributed by atoms with van der Waals surface area (Å²) in [4.78, 5) is 21.9. The van der Waals surface area contributed by atoms with E-state index >= 15 is 0 Å². The molecule has 0 aromatic heterocycles. The molecule has 1 heterocycles. The number of aliphatic hydroxyl groups excluding tert-OH is 1. The predicted octanol–water partition coefficient (Wildman–Crippen LogP) is -5.70. The fraction of sp³-hybridized carbons (Fsp3) is 0.889. The third-order valence-electron chi connectivity index (χ3n) is 2.33. The van der Waals surface area contributed by atoms with Gasteiger partial charge in [-0.15, -0.1) is 9.24 Å². The summed E-state index contributed by atoms with van der Waals surface area (Å²) in [6.45, 7) is 3.49. The predicted molar refractivity (Wildman–Crippen MR) is 84.5 cm³/mol. The average molecular weight is 418 g/mol. The van der Waals surface area contributed by atoms with E-state index in [4.69, 9.17) is 20.7 Å². The number of ether oxygens (including phenoxy) is 1. The molecule has 0 radical (unpaired) electrons. The van der Waals surface area contributed by atoms with Gasteiger partial charge in [-0.2, -0.15) is 17.7 Å². The summed E-state index contributed by atoms with van der Waals surface area (Å²) < 4.78 is 21.3. The number of nitrogens with one attached hydrogen (secondary N) is 1. The minimum absolute atomic E-state index is 0. The minimum atomic E-state index is -2.53. The van der Waals surface area contributed by atoms with Crippen molar-refractivity contribution < 1.29 is 67.3 Å². The Hall–Kier alpha value is 0.0900. The van der Waals surface area contributed by atoms with Gasteiger partial charge in [0.2, 0.25) is 5.91 Å². The molecule has 1 aliphatic heterocycles. The molecular formula is C9H23N4NaO9S2. The molecule has 4 N–H and O–H groups in total. The first-order valence-corrected chi connectivity index (χ1v) is 6.90. The zero-order chi connectivity index (χ0) is 16.8. The maximum absolute atomic E-state index is 10.8. The van der Waals surface area contributed by atoms with Crippen LogP contribution in [0, 0.1) is 4.91 Å². The molecule has 13 nitrogen and oxygen atoms in total. The van der Waals surface area contributed by atoms with E-state index in [0.717, 1.165) is 13.1 Å². The van der Waals surface area contributed by atoms with Crippen molar-refractivity contribution in [3.8, 4) is 0 Å². The van der Waals surface area contributed by atoms with Gasteiger partial charge in [0, 0.05) is 19.6 Å². The first-order valence-electron chi connectivity index (χ1n) is 5.90. The number of hydrogen-bond donors (Lipinski definition) is 3. The van der Waals surface area contributed by atoms with Gasteiger partial charge in [0.1, 0.15) is 0 Å². The van der Waals surface area contributed by atoms with E-state index < -0.39 is 17.5 Å². The topological polar surface area (TPSA) is 185 Å². The van der Waals surface area contributed by atoms with Gasteiger partial charge in [0.15, 0.2) is 5.34 Å². The SMILES string of the molecule is C.NNC(=O)C[C@H](O)CN1CCOCC1.O=NOS(=O)OO[O-].S.[Na+]. The van der Waals surface area contributed by atoms with E-state index in [1.54, 1.807) is 5.34 Å². The molecule has 2 atom stereocenters. The molecule has 1 unspecified atom stereocenters. The van der Waals surface area contributed by atoms with Crippen LogP contribution < -0.4 is 46.1 Å². The van der Waals surface area contributed by atoms with E-state index in [9.17, 15) is 14.1 Å². The van der Waals surface area contributed by atoms with Gasteiger partial charge in [-0.1, -0.05) is 7.43 Å². The Balaban J connectivity index is -0.000000177. The van der Waals surface area contributed by atoms with Crippen LogP contribution in [0.2, 0.25) is 0 Å². The van der Waals surface area contributed by atoms with Crippen molar-refractivity contribution in [1.82, 2.24) is 10.3 Å². The molecule has 0 aromatic carbocycles. The monoisotopic (exact) mass is 418 g/mol. The zero-order valence-electron chi connectivity index (χ0n) is 12.9. The van der Waals surface area contributed by atoms with E-state index in [-0.39, 0.29) is 62.8 Å². The zero-order valence-corrected chi connectivity index (χ0v) is 16.7. The second-order valence-corrected chi connectivity index (χ2v) is 4.52. The summed E-state index contributed by atoms with van der Waals surface area (Å²) in [5.74, 6) is 4.57. The molecule has 1 saturated heterocycles. The fourth-order valence-electron chi connectivity index (χ4n) is 1.48. The standard InChI is InChI=1S/C8H17N3O3.CH4.HNO6S.Na.H2S/c9-10-8(13)5-7(12)6-11-1-3-14-4-2-11;;2-1-5-8(4)7-6-3;;/h7,12H,1-6,9H2,(H,10,13);1H4;3H;;1H2/q;;;+1;/p-1/t7-;;;;/m0..../s1. The molecule has 0 aromatic rings. The van der Waals surface area contributed by atoms with E-state index in [2.05, 4.69) is 18.6 Å². The number of β-amino-alcohol motifs (C(OH)–C–C–N with tert-alkyl or cyclic N) is 1. The van der Waals surface area contributed by atoms with E-state index in [0.29, 0.717) is 19.8 Å². The Morgan fingerprint density at radius 3 is 2.48 bits per heavy atom. The summed E-state index contributed by atoms with van der Waals surface area (Å²) >= 11 is -2.53. The molecule has 0 aliphatic carbocycles. The second kappa shape index (κ2) is 22.1. The van der Waals surface area contributed by atoms with Crippen molar-refractivity contribution in [2.45, 2.75) is 20.0 Å². The van der Waals surface area contributed by atoms with Gasteiger partial charge in [0.25, 0.3) is 0 Å². The maximum Gasteiger partial charge on any atom is 1.00 e. The van der Waals surface area contributed by atoms with Gasteiger partial charge < -0.3 is 15.1 Å². The first-order chi connectivity index (χ1) is 10.5. The molecule has 25 heavy (non-hydrogen) atoms. The van der Waals surface area contributed by atoms with Crippen LogP contribution in [0.15, 0.2) is 5.34 Å². The van der Waals surface area contributed by atoms with Crippen LogP contribution in [0.4, 0.5) is 0 Å². The normalized spacial score (nSPS) is 15.5. The summed E-state index contributed by atoms with van der Waals surface area (Å²) in [5, 5.41) is 22.6. The van der Waals surface area contributed by atoms with Crippen LogP contribution in [0.25, 0.3) is 0 Å². The number of nitrogens with zero attached hydrogens (tertiary/aromatic N) is 2. The molecular weight excluding hydrogens is 395 g/mol. The Kier molecular flexibility index (Phi) is 29.0. The third kappa shape index (κ3) is 20.3. The molecule has 1 amide bonds. The number of nitrogens with two attached hydrogens (primary N) is 1. The number of hydrazine groups is 1. The van der Waals surface area contributed by atoms with Crippen molar-refractivity contribution in [2.75, 3.05) is 32.8 Å². The summed E-state index contributed by atoms with van der Waals surface area (Å²) in [5.41, 5.74) is 1.99. The Bertz CT molecular complexity index is 353. The summed E-state index contributed by atoms with van der Waals surface area (Å²) in [7, 11) is 0. The molecule has 0 spiro atoms. The molecule has 0 saturated carbocycles. The number of aliphatic hydroxyl groups is 1. The van der Waals surface area contributed by atoms with Crippen LogP contribution in [0.3, 0.4) is 0 Å². The number of hydrogen-bond acceptors (Lipinski definition) is 12. The van der Waals surface area contributed by atoms with Crippen LogP contribution >= 0.6 is 13.5 Å². The Morgan fingerprint density at radius 2 is 2.04 bits per heavy atom. The minimum Gasteiger partial charge on any atom is -0.691 e. The molecule has 1 aliphatic rings. The van der Waals surface area contributed by atoms with Crippen LogP contribution in [-0.2, 0) is 34.5 Å². The van der Waals surface area contributed by atoms with Gasteiger partial charge in [-0.05, 0) is 0 Å². The summed E-state index contributed by atoms with van der Waals surface area (Å²) in [6, 6.07) is 0. The van der Waals surface area contributed by atoms with Gasteiger partial charge in [-0.3, -0.25) is 20.2 Å². The van der Waals surface area contributed by atoms with Gasteiger partial charge in [0.05, 0.1) is 25.7 Å². The number of carbonyl (C=O) groups excluding carboxylic acids is 1. The Labute approximate surface area is 176 Å². The molecule has 1 fully saturated rings. The third-order valence-corrected chi connectivity index (χ3v) is 2.68. The number of rotatable bonds is 8. The maximum atomic E-state index is 10.8. The average Bonchev–Trinajstić information content (AvgIpc) is 2.49. The molecule has 16 heteroatoms. The summed E-state index contributed by atoms with van der Waals surface area (Å²) in [6.07, 6.45) is -0.606. The fourth-order valence-corrected chi connectivity index (χ4v) is 1.60. The number of morpholine rings is 1. The van der Waals surface area contributed by atoms with E-state index in [1.807, 2.05) is 5.43 Å². The van der Waals surface area contributed by atoms with Crippen molar-refractivity contribution in [3.63, 3.8) is 0 Å². The quantitative estimate of drug-likeness (QED) is 0.0852. The first kappa shape index (κ1) is 32.7. The van der Waals surface area contributed by atoms with Crippen molar-refractivity contribution in [2.24, 2.45) is 11.2 Å². The second-order valence-electron chi connectivity index (χ2n) is 3.83. The van der Waals surface area contributed by atoms with Gasteiger partial charge >= 0.3 is 40.9 Å². The Morgan fingerprint density at radius 1 is 1.48 bits per heavy atom. The molecule has 146 valence electrons. The van der Waals surface area contributed by atoms with Crippen molar-refractivity contribution >= 4 is 30.8 Å². The van der Waals surface area contributed by atoms with E-state index in [1.165, 1.54) is 0 Å². The van der Waals surface area contributed by atoms with Crippen LogP contribution in [0.5, 0.6) is 0 Å². The van der Waals surface area contributed by atoms with Crippen LogP contribution in [0.1, 0.15) is 13.8 Å². The molecule has 0 bridgehead atoms.